The second kappa shape index (κ2) is 4.56. The molecule has 3 heteroatoms. The van der Waals surface area contributed by atoms with Gasteiger partial charge in [-0.3, -0.25) is 4.79 Å². The van der Waals surface area contributed by atoms with Gasteiger partial charge in [0.15, 0.2) is 0 Å². The molecule has 0 bridgehead atoms. The SMILES string of the molecule is CC(=O)N(C)c1ccccc1NC1CCC1. The Bertz CT molecular complexity index is 385. The van der Waals surface area contributed by atoms with E-state index in [-0.39, 0.29) is 5.91 Å². The van der Waals surface area contributed by atoms with E-state index in [1.165, 1.54) is 19.3 Å². The number of rotatable bonds is 3. The highest BCUT2D eigenvalue weighted by atomic mass is 16.2. The van der Waals surface area contributed by atoms with Crippen molar-refractivity contribution in [2.24, 2.45) is 0 Å². The Morgan fingerprint density at radius 1 is 1.38 bits per heavy atom. The van der Waals surface area contributed by atoms with E-state index in [0.717, 1.165) is 11.4 Å². The van der Waals surface area contributed by atoms with Gasteiger partial charge in [0.05, 0.1) is 11.4 Å². The van der Waals surface area contributed by atoms with E-state index >= 15 is 0 Å². The Morgan fingerprint density at radius 3 is 2.62 bits per heavy atom. The zero-order valence-electron chi connectivity index (χ0n) is 9.86. The van der Waals surface area contributed by atoms with Crippen molar-refractivity contribution in [3.05, 3.63) is 24.3 Å². The summed E-state index contributed by atoms with van der Waals surface area (Å²) in [7, 11) is 1.81. The minimum absolute atomic E-state index is 0.0582. The molecule has 1 amide bonds. The molecule has 1 aliphatic rings. The topological polar surface area (TPSA) is 32.3 Å². The molecule has 1 fully saturated rings. The van der Waals surface area contributed by atoms with Crippen molar-refractivity contribution in [1.82, 2.24) is 0 Å². The van der Waals surface area contributed by atoms with Crippen molar-refractivity contribution in [2.45, 2.75) is 32.2 Å². The van der Waals surface area contributed by atoms with Gasteiger partial charge in [0.2, 0.25) is 5.91 Å². The molecule has 16 heavy (non-hydrogen) atoms. The normalized spacial score (nSPS) is 15.4. The molecule has 1 saturated carbocycles. The monoisotopic (exact) mass is 218 g/mol. The Morgan fingerprint density at radius 2 is 2.06 bits per heavy atom. The summed E-state index contributed by atoms with van der Waals surface area (Å²) in [5.74, 6) is 0.0582. The molecule has 3 nitrogen and oxygen atoms in total. The molecule has 2 rings (SSSR count). The van der Waals surface area contributed by atoms with Crippen LogP contribution in [0.4, 0.5) is 11.4 Å². The minimum Gasteiger partial charge on any atom is -0.381 e. The molecule has 0 heterocycles. The van der Waals surface area contributed by atoms with E-state index in [4.69, 9.17) is 0 Å². The smallest absolute Gasteiger partial charge is 0.223 e. The van der Waals surface area contributed by atoms with E-state index < -0.39 is 0 Å². The lowest BCUT2D eigenvalue weighted by atomic mass is 9.93. The highest BCUT2D eigenvalue weighted by Crippen LogP contribution is 2.29. The summed E-state index contributed by atoms with van der Waals surface area (Å²) >= 11 is 0. The van der Waals surface area contributed by atoms with Gasteiger partial charge in [-0.1, -0.05) is 12.1 Å². The number of nitrogens with one attached hydrogen (secondary N) is 1. The highest BCUT2D eigenvalue weighted by molar-refractivity contribution is 5.94. The summed E-state index contributed by atoms with van der Waals surface area (Å²) in [4.78, 5) is 13.0. The molecule has 1 N–H and O–H groups in total. The summed E-state index contributed by atoms with van der Waals surface area (Å²) in [6, 6.07) is 8.55. The van der Waals surface area contributed by atoms with Gasteiger partial charge in [-0.2, -0.15) is 0 Å². The van der Waals surface area contributed by atoms with Crippen LogP contribution in [0.15, 0.2) is 24.3 Å². The van der Waals surface area contributed by atoms with Gasteiger partial charge >= 0.3 is 0 Å². The minimum atomic E-state index is 0.0582. The number of para-hydroxylation sites is 2. The molecule has 1 aliphatic carbocycles. The number of anilines is 2. The Kier molecular flexibility index (Phi) is 3.13. The van der Waals surface area contributed by atoms with E-state index in [2.05, 4.69) is 5.32 Å². The first-order chi connectivity index (χ1) is 7.68. The van der Waals surface area contributed by atoms with E-state index in [1.807, 2.05) is 31.3 Å². The maximum Gasteiger partial charge on any atom is 0.223 e. The third kappa shape index (κ3) is 2.18. The molecule has 0 atom stereocenters. The molecule has 1 aromatic carbocycles. The first-order valence-electron chi connectivity index (χ1n) is 5.78. The van der Waals surface area contributed by atoms with E-state index in [1.54, 1.807) is 11.8 Å². The van der Waals surface area contributed by atoms with Crippen molar-refractivity contribution in [3.63, 3.8) is 0 Å². The maximum absolute atomic E-state index is 11.4. The number of hydrogen-bond acceptors (Lipinski definition) is 2. The zero-order valence-corrected chi connectivity index (χ0v) is 9.86. The predicted octanol–water partition coefficient (Wildman–Crippen LogP) is 2.63. The van der Waals surface area contributed by atoms with Crippen molar-refractivity contribution in [1.29, 1.82) is 0 Å². The second-order valence-corrected chi connectivity index (χ2v) is 4.37. The third-order valence-electron chi connectivity index (χ3n) is 3.20. The van der Waals surface area contributed by atoms with Gasteiger partial charge in [0, 0.05) is 20.0 Å². The molecular weight excluding hydrogens is 200 g/mol. The van der Waals surface area contributed by atoms with Crippen LogP contribution in [-0.2, 0) is 4.79 Å². The number of benzene rings is 1. The fourth-order valence-corrected chi connectivity index (χ4v) is 1.83. The van der Waals surface area contributed by atoms with Crippen LogP contribution in [0.1, 0.15) is 26.2 Å². The van der Waals surface area contributed by atoms with Gasteiger partial charge < -0.3 is 10.2 Å². The first-order valence-corrected chi connectivity index (χ1v) is 5.78. The van der Waals surface area contributed by atoms with Gasteiger partial charge in [-0.05, 0) is 31.4 Å². The van der Waals surface area contributed by atoms with Gasteiger partial charge in [-0.25, -0.2) is 0 Å². The highest BCUT2D eigenvalue weighted by Gasteiger charge is 2.19. The molecule has 86 valence electrons. The number of hydrogen-bond donors (Lipinski definition) is 1. The number of carbonyl (C=O) groups is 1. The Hall–Kier alpha value is -1.51. The predicted molar refractivity (Wildman–Crippen MR) is 66.8 cm³/mol. The third-order valence-corrected chi connectivity index (χ3v) is 3.20. The zero-order chi connectivity index (χ0) is 11.5. The molecular formula is C13H18N2O. The number of carbonyl (C=O) groups excluding carboxylic acids is 1. The van der Waals surface area contributed by atoms with Crippen LogP contribution in [0.5, 0.6) is 0 Å². The summed E-state index contributed by atoms with van der Waals surface area (Å²) in [6.45, 7) is 1.58. The lowest BCUT2D eigenvalue weighted by molar-refractivity contribution is -0.116. The second-order valence-electron chi connectivity index (χ2n) is 4.37. The summed E-state index contributed by atoms with van der Waals surface area (Å²) < 4.78 is 0. The fourth-order valence-electron chi connectivity index (χ4n) is 1.83. The summed E-state index contributed by atoms with van der Waals surface area (Å²) in [5.41, 5.74) is 2.02. The van der Waals surface area contributed by atoms with Crippen LogP contribution in [-0.4, -0.2) is 19.0 Å². The average molecular weight is 218 g/mol. The van der Waals surface area contributed by atoms with Crippen molar-refractivity contribution in [2.75, 3.05) is 17.3 Å². The Balaban J connectivity index is 2.18. The van der Waals surface area contributed by atoms with Crippen LogP contribution < -0.4 is 10.2 Å². The number of nitrogens with zero attached hydrogens (tertiary/aromatic N) is 1. The summed E-state index contributed by atoms with van der Waals surface area (Å²) in [5, 5.41) is 3.49. The van der Waals surface area contributed by atoms with Crippen LogP contribution in [0, 0.1) is 0 Å². The molecule has 0 radical (unpaired) electrons. The Labute approximate surface area is 96.5 Å². The number of amides is 1. The quantitative estimate of drug-likeness (QED) is 0.845. The molecule has 0 saturated heterocycles. The van der Waals surface area contributed by atoms with Crippen molar-refractivity contribution >= 4 is 17.3 Å². The van der Waals surface area contributed by atoms with Crippen LogP contribution >= 0.6 is 0 Å². The van der Waals surface area contributed by atoms with Gasteiger partial charge in [0.25, 0.3) is 0 Å². The van der Waals surface area contributed by atoms with Gasteiger partial charge in [0.1, 0.15) is 0 Å². The van der Waals surface area contributed by atoms with E-state index in [0.29, 0.717) is 6.04 Å². The van der Waals surface area contributed by atoms with Crippen LogP contribution in [0.25, 0.3) is 0 Å². The van der Waals surface area contributed by atoms with E-state index in [9.17, 15) is 4.79 Å². The average Bonchev–Trinajstić information content (AvgIpc) is 2.23. The van der Waals surface area contributed by atoms with Gasteiger partial charge in [-0.15, -0.1) is 0 Å². The first kappa shape index (κ1) is 11.0. The van der Waals surface area contributed by atoms with Crippen LogP contribution in [0.3, 0.4) is 0 Å². The lowest BCUT2D eigenvalue weighted by Crippen LogP contribution is -2.29. The molecule has 0 spiro atoms. The van der Waals surface area contributed by atoms with Crippen molar-refractivity contribution < 1.29 is 4.79 Å². The maximum atomic E-state index is 11.4. The standard InChI is InChI=1S/C13H18N2O/c1-10(16)15(2)13-9-4-3-8-12(13)14-11-6-5-7-11/h3-4,8-9,11,14H,5-7H2,1-2H3. The van der Waals surface area contributed by atoms with Crippen molar-refractivity contribution in [3.8, 4) is 0 Å². The molecule has 0 aromatic heterocycles. The molecule has 0 aliphatic heterocycles. The largest absolute Gasteiger partial charge is 0.381 e. The molecule has 0 unspecified atom stereocenters. The molecule has 1 aromatic rings. The summed E-state index contributed by atoms with van der Waals surface area (Å²) in [6.07, 6.45) is 3.78. The fraction of sp³-hybridized carbons (Fsp3) is 0.462. The lowest BCUT2D eigenvalue weighted by Gasteiger charge is -2.29. The van der Waals surface area contributed by atoms with Crippen LogP contribution in [0.2, 0.25) is 0 Å².